The van der Waals surface area contributed by atoms with E-state index in [4.69, 9.17) is 23.2 Å². The number of halogens is 8. The largest absolute Gasteiger partial charge is 0.502 e. The molecule has 0 fully saturated rings. The summed E-state index contributed by atoms with van der Waals surface area (Å²) >= 11 is 11.9. The lowest BCUT2D eigenvalue weighted by Gasteiger charge is -2.23. The number of aromatic nitrogens is 2. The number of nitriles is 1. The van der Waals surface area contributed by atoms with Gasteiger partial charge in [-0.05, 0) is 18.6 Å². The molecular formula is C18H16Cl2F6N4O3S2. The van der Waals surface area contributed by atoms with Crippen LogP contribution in [0.15, 0.2) is 17.0 Å². The highest BCUT2D eigenvalue weighted by molar-refractivity contribution is 7.92. The van der Waals surface area contributed by atoms with E-state index in [0.717, 1.165) is 4.90 Å². The Morgan fingerprint density at radius 1 is 1.17 bits per heavy atom. The van der Waals surface area contributed by atoms with E-state index in [1.165, 1.54) is 13.1 Å². The van der Waals surface area contributed by atoms with E-state index >= 15 is 0 Å². The van der Waals surface area contributed by atoms with Gasteiger partial charge in [0.1, 0.15) is 11.8 Å². The topological polar surface area (TPSA) is 96.1 Å². The fourth-order valence-electron chi connectivity index (χ4n) is 2.97. The van der Waals surface area contributed by atoms with E-state index in [0.29, 0.717) is 22.6 Å². The molecule has 0 N–H and O–H groups in total. The monoisotopic (exact) mass is 584 g/mol. The molecular weight excluding hydrogens is 569 g/mol. The lowest BCUT2D eigenvalue weighted by molar-refractivity contribution is -0.137. The molecule has 0 amide bonds. The standard InChI is InChI=1S/C18H16Cl2F6N4O3S2/c1-3-34(31)6-4-5-29(2)16-15(35(32,33)18(24,25)26)13(9-27)28-30(16)14-11(19)7-10(8-12(14)20)17(21,22)23/h7-8H,3-6H2,1-2H3. The van der Waals surface area contributed by atoms with E-state index in [2.05, 4.69) is 5.10 Å². The third-order valence-corrected chi connectivity index (χ3v) is 8.09. The average molecular weight is 585 g/mol. The normalized spacial score (nSPS) is 13.5. The Bertz CT molecular complexity index is 1260. The number of alkyl halides is 6. The zero-order valence-corrected chi connectivity index (χ0v) is 21.0. The Hall–Kier alpha value is -2.02. The minimum absolute atomic E-state index is 0.128. The van der Waals surface area contributed by atoms with Gasteiger partial charge in [-0.25, -0.2) is 13.1 Å². The second kappa shape index (κ2) is 10.5. The lowest BCUT2D eigenvalue weighted by atomic mass is 10.2. The van der Waals surface area contributed by atoms with Crippen LogP contribution in [0.1, 0.15) is 24.6 Å². The van der Waals surface area contributed by atoms with Crippen molar-refractivity contribution in [3.05, 3.63) is 33.4 Å². The smallest absolute Gasteiger partial charge is 0.358 e. The number of sulfone groups is 1. The SMILES string of the molecule is CCS(=O)CCCN(C)c1c(S(=O)(=O)C(F)(F)F)c(C#N)nn1-c1c(Cl)cc(C(F)(F)F)cc1Cl. The average Bonchev–Trinajstić information content (AvgIpc) is 3.11. The van der Waals surface area contributed by atoms with Crippen LogP contribution in [0.3, 0.4) is 0 Å². The van der Waals surface area contributed by atoms with Crippen LogP contribution >= 0.6 is 23.2 Å². The summed E-state index contributed by atoms with van der Waals surface area (Å²) in [7, 11) is -6.23. The maximum absolute atomic E-state index is 13.5. The van der Waals surface area contributed by atoms with Crippen molar-refractivity contribution in [1.29, 1.82) is 5.26 Å². The van der Waals surface area contributed by atoms with Crippen LogP contribution < -0.4 is 4.90 Å². The molecule has 1 aromatic heterocycles. The molecule has 194 valence electrons. The molecule has 0 aliphatic carbocycles. The summed E-state index contributed by atoms with van der Waals surface area (Å²) in [6.45, 7) is 1.50. The van der Waals surface area contributed by atoms with E-state index in [1.807, 2.05) is 0 Å². The van der Waals surface area contributed by atoms with Gasteiger partial charge in [0.25, 0.3) is 9.84 Å². The van der Waals surface area contributed by atoms with Crippen LogP contribution in [0.5, 0.6) is 0 Å². The maximum atomic E-state index is 13.5. The molecule has 1 unspecified atom stereocenters. The van der Waals surface area contributed by atoms with Crippen molar-refractivity contribution in [3.8, 4) is 11.8 Å². The number of anilines is 1. The van der Waals surface area contributed by atoms with Crippen molar-refractivity contribution < 1.29 is 39.0 Å². The van der Waals surface area contributed by atoms with Crippen LogP contribution in [0.25, 0.3) is 5.69 Å². The van der Waals surface area contributed by atoms with Crippen molar-refractivity contribution in [2.75, 3.05) is 30.0 Å². The molecule has 1 heterocycles. The van der Waals surface area contributed by atoms with E-state index in [1.54, 1.807) is 6.92 Å². The number of benzene rings is 1. The second-order valence-electron chi connectivity index (χ2n) is 6.97. The fourth-order valence-corrected chi connectivity index (χ4v) is 5.41. The van der Waals surface area contributed by atoms with Gasteiger partial charge in [0.2, 0.25) is 0 Å². The lowest BCUT2D eigenvalue weighted by Crippen LogP contribution is -2.29. The Labute approximate surface area is 208 Å². The van der Waals surface area contributed by atoms with Crippen molar-refractivity contribution >= 4 is 49.7 Å². The summed E-state index contributed by atoms with van der Waals surface area (Å²) in [5.74, 6) is -0.363. The van der Waals surface area contributed by atoms with Crippen LogP contribution in [0, 0.1) is 11.3 Å². The number of hydrogen-bond donors (Lipinski definition) is 0. The van der Waals surface area contributed by atoms with E-state index in [9.17, 15) is 44.2 Å². The van der Waals surface area contributed by atoms with Crippen molar-refractivity contribution in [1.82, 2.24) is 9.78 Å². The third-order valence-electron chi connectivity index (χ3n) is 4.60. The predicted octanol–water partition coefficient (Wildman–Crippen LogP) is 4.96. The van der Waals surface area contributed by atoms with Crippen LogP contribution in [0.4, 0.5) is 32.2 Å². The highest BCUT2D eigenvalue weighted by Crippen LogP contribution is 2.43. The molecule has 7 nitrogen and oxygen atoms in total. The molecule has 0 radical (unpaired) electrons. The van der Waals surface area contributed by atoms with Gasteiger partial charge in [0, 0.05) is 35.9 Å². The van der Waals surface area contributed by atoms with Crippen molar-refractivity contribution in [2.24, 2.45) is 0 Å². The van der Waals surface area contributed by atoms with E-state index in [-0.39, 0.29) is 18.7 Å². The summed E-state index contributed by atoms with van der Waals surface area (Å²) in [6.07, 6.45) is -4.74. The molecule has 1 atom stereocenters. The van der Waals surface area contributed by atoms with Gasteiger partial charge in [-0.1, -0.05) is 30.1 Å². The van der Waals surface area contributed by atoms with E-state index < -0.39 is 70.0 Å². The Balaban J connectivity index is 2.86. The van der Waals surface area contributed by atoms with Gasteiger partial charge < -0.3 is 4.90 Å². The van der Waals surface area contributed by atoms with Crippen molar-refractivity contribution in [3.63, 3.8) is 0 Å². The van der Waals surface area contributed by atoms with Gasteiger partial charge in [-0.3, -0.25) is 4.21 Å². The minimum Gasteiger partial charge on any atom is -0.358 e. The summed E-state index contributed by atoms with van der Waals surface area (Å²) in [5, 5.41) is 11.5. The summed E-state index contributed by atoms with van der Waals surface area (Å²) in [4.78, 5) is -0.525. The third kappa shape index (κ3) is 6.04. The molecule has 17 heteroatoms. The fraction of sp³-hybridized carbons (Fsp3) is 0.444. The van der Waals surface area contributed by atoms with Gasteiger partial charge in [0.15, 0.2) is 16.4 Å². The number of rotatable bonds is 8. The Morgan fingerprint density at radius 3 is 2.14 bits per heavy atom. The zero-order valence-electron chi connectivity index (χ0n) is 17.8. The first-order valence-electron chi connectivity index (χ1n) is 9.44. The van der Waals surface area contributed by atoms with Crippen LogP contribution in [-0.2, 0) is 26.8 Å². The quantitative estimate of drug-likeness (QED) is 0.407. The van der Waals surface area contributed by atoms with Crippen molar-refractivity contribution in [2.45, 2.75) is 29.9 Å². The summed E-state index contributed by atoms with van der Waals surface area (Å²) < 4.78 is 117. The summed E-state index contributed by atoms with van der Waals surface area (Å²) in [5.41, 5.74) is -8.85. The first kappa shape index (κ1) is 29.2. The summed E-state index contributed by atoms with van der Waals surface area (Å²) in [6, 6.07) is 2.13. The first-order valence-corrected chi connectivity index (χ1v) is 13.2. The first-order chi connectivity index (χ1) is 16.0. The maximum Gasteiger partial charge on any atom is 0.502 e. The van der Waals surface area contributed by atoms with Gasteiger partial charge in [-0.2, -0.15) is 36.7 Å². The van der Waals surface area contributed by atoms with Gasteiger partial charge in [-0.15, -0.1) is 0 Å². The molecule has 1 aromatic carbocycles. The molecule has 0 bridgehead atoms. The van der Waals surface area contributed by atoms with Gasteiger partial charge >= 0.3 is 11.7 Å². The van der Waals surface area contributed by atoms with Gasteiger partial charge in [0.05, 0.1) is 15.6 Å². The Kier molecular flexibility index (Phi) is 8.79. The second-order valence-corrected chi connectivity index (χ2v) is 11.5. The zero-order chi connectivity index (χ0) is 26.9. The Morgan fingerprint density at radius 2 is 1.71 bits per heavy atom. The molecule has 0 saturated heterocycles. The number of hydrogen-bond acceptors (Lipinski definition) is 6. The molecule has 2 aromatic rings. The highest BCUT2D eigenvalue weighted by atomic mass is 35.5. The van der Waals surface area contributed by atoms with Crippen LogP contribution in [0.2, 0.25) is 10.0 Å². The molecule has 0 aliphatic heterocycles. The molecule has 2 rings (SSSR count). The molecule has 0 spiro atoms. The van der Waals surface area contributed by atoms with Crippen LogP contribution in [-0.4, -0.2) is 53.0 Å². The molecule has 35 heavy (non-hydrogen) atoms. The molecule has 0 saturated carbocycles. The minimum atomic E-state index is -6.16. The highest BCUT2D eigenvalue weighted by Gasteiger charge is 2.51. The molecule has 0 aliphatic rings. The number of nitrogens with zero attached hydrogens (tertiary/aromatic N) is 4. The predicted molar refractivity (Wildman–Crippen MR) is 118 cm³/mol.